The molecule has 96 valence electrons. The SMILES string of the molecule is CNCCc1nn(-c2ccc(C)cc2C)cc1Br. The van der Waals surface area contributed by atoms with Crippen LogP contribution in [0.5, 0.6) is 0 Å². The molecule has 0 aliphatic carbocycles. The first-order valence-corrected chi connectivity index (χ1v) is 6.87. The molecule has 4 heteroatoms. The molecule has 1 heterocycles. The van der Waals surface area contributed by atoms with Gasteiger partial charge in [0.15, 0.2) is 0 Å². The average Bonchev–Trinajstić information content (AvgIpc) is 2.68. The number of nitrogens with one attached hydrogen (secondary N) is 1. The first-order valence-electron chi connectivity index (χ1n) is 6.08. The van der Waals surface area contributed by atoms with Crippen LogP contribution in [0.3, 0.4) is 0 Å². The second-order valence-corrected chi connectivity index (χ2v) is 5.37. The summed E-state index contributed by atoms with van der Waals surface area (Å²) in [7, 11) is 1.95. The monoisotopic (exact) mass is 307 g/mol. The first kappa shape index (κ1) is 13.3. The zero-order valence-electron chi connectivity index (χ0n) is 11.0. The van der Waals surface area contributed by atoms with Crippen molar-refractivity contribution in [3.05, 3.63) is 45.7 Å². The van der Waals surface area contributed by atoms with E-state index in [9.17, 15) is 0 Å². The molecular weight excluding hydrogens is 290 g/mol. The van der Waals surface area contributed by atoms with Gasteiger partial charge in [-0.3, -0.25) is 0 Å². The molecule has 1 N–H and O–H groups in total. The maximum absolute atomic E-state index is 4.64. The molecule has 2 rings (SSSR count). The van der Waals surface area contributed by atoms with Crippen molar-refractivity contribution in [3.8, 4) is 5.69 Å². The van der Waals surface area contributed by atoms with Crippen molar-refractivity contribution in [2.24, 2.45) is 0 Å². The maximum atomic E-state index is 4.64. The quantitative estimate of drug-likeness (QED) is 0.941. The molecule has 18 heavy (non-hydrogen) atoms. The van der Waals surface area contributed by atoms with Gasteiger partial charge in [-0.1, -0.05) is 17.7 Å². The largest absolute Gasteiger partial charge is 0.319 e. The fourth-order valence-electron chi connectivity index (χ4n) is 1.99. The average molecular weight is 308 g/mol. The van der Waals surface area contributed by atoms with Crippen LogP contribution in [-0.2, 0) is 6.42 Å². The molecule has 0 unspecified atom stereocenters. The van der Waals surface area contributed by atoms with Crippen LogP contribution in [0.2, 0.25) is 0 Å². The summed E-state index contributed by atoms with van der Waals surface area (Å²) in [5.41, 5.74) is 4.74. The van der Waals surface area contributed by atoms with Crippen LogP contribution in [0.1, 0.15) is 16.8 Å². The number of aryl methyl sites for hydroxylation is 2. The van der Waals surface area contributed by atoms with E-state index in [-0.39, 0.29) is 0 Å². The van der Waals surface area contributed by atoms with E-state index in [4.69, 9.17) is 0 Å². The van der Waals surface area contributed by atoms with Crippen LogP contribution in [-0.4, -0.2) is 23.4 Å². The Hall–Kier alpha value is -1.13. The van der Waals surface area contributed by atoms with Gasteiger partial charge >= 0.3 is 0 Å². The van der Waals surface area contributed by atoms with Gasteiger partial charge in [-0.15, -0.1) is 0 Å². The van der Waals surface area contributed by atoms with Crippen molar-refractivity contribution >= 4 is 15.9 Å². The molecule has 0 spiro atoms. The van der Waals surface area contributed by atoms with Gasteiger partial charge < -0.3 is 5.32 Å². The molecule has 0 atom stereocenters. The normalized spacial score (nSPS) is 10.9. The van der Waals surface area contributed by atoms with E-state index in [1.165, 1.54) is 11.1 Å². The summed E-state index contributed by atoms with van der Waals surface area (Å²) in [4.78, 5) is 0. The van der Waals surface area contributed by atoms with Gasteiger partial charge in [0.2, 0.25) is 0 Å². The lowest BCUT2D eigenvalue weighted by molar-refractivity contribution is 0.752. The molecule has 0 aliphatic heterocycles. The summed E-state index contributed by atoms with van der Waals surface area (Å²) >= 11 is 3.57. The molecule has 0 radical (unpaired) electrons. The number of hydrogen-bond acceptors (Lipinski definition) is 2. The lowest BCUT2D eigenvalue weighted by Gasteiger charge is -2.06. The summed E-state index contributed by atoms with van der Waals surface area (Å²) in [6.07, 6.45) is 2.96. The third-order valence-corrected chi connectivity index (χ3v) is 3.61. The summed E-state index contributed by atoms with van der Waals surface area (Å²) in [6.45, 7) is 5.15. The van der Waals surface area contributed by atoms with E-state index < -0.39 is 0 Å². The molecule has 1 aromatic carbocycles. The van der Waals surface area contributed by atoms with Gasteiger partial charge in [-0.2, -0.15) is 5.10 Å². The highest BCUT2D eigenvalue weighted by Gasteiger charge is 2.08. The lowest BCUT2D eigenvalue weighted by Crippen LogP contribution is -2.11. The second kappa shape index (κ2) is 5.67. The fraction of sp³-hybridized carbons (Fsp3) is 0.357. The number of nitrogens with zero attached hydrogens (tertiary/aromatic N) is 2. The smallest absolute Gasteiger partial charge is 0.0783 e. The van der Waals surface area contributed by atoms with E-state index in [0.717, 1.165) is 28.8 Å². The second-order valence-electron chi connectivity index (χ2n) is 4.51. The number of hydrogen-bond donors (Lipinski definition) is 1. The van der Waals surface area contributed by atoms with Crippen LogP contribution in [0.15, 0.2) is 28.9 Å². The molecule has 0 aliphatic rings. The van der Waals surface area contributed by atoms with E-state index in [2.05, 4.69) is 58.4 Å². The molecule has 0 saturated heterocycles. The Labute approximate surface area is 116 Å². The predicted octanol–water partition coefficient (Wildman–Crippen LogP) is 3.01. The first-order chi connectivity index (χ1) is 8.61. The third-order valence-electron chi connectivity index (χ3n) is 2.95. The topological polar surface area (TPSA) is 29.9 Å². The Morgan fingerprint density at radius 3 is 2.78 bits per heavy atom. The van der Waals surface area contributed by atoms with Gasteiger partial charge in [-0.05, 0) is 48.5 Å². The third kappa shape index (κ3) is 2.82. The highest BCUT2D eigenvalue weighted by Crippen LogP contribution is 2.21. The zero-order chi connectivity index (χ0) is 13.1. The summed E-state index contributed by atoms with van der Waals surface area (Å²) in [5, 5.41) is 7.78. The van der Waals surface area contributed by atoms with E-state index in [0.29, 0.717) is 0 Å². The van der Waals surface area contributed by atoms with Crippen molar-refractivity contribution in [1.29, 1.82) is 0 Å². The van der Waals surface area contributed by atoms with E-state index in [1.807, 2.05) is 17.9 Å². The zero-order valence-corrected chi connectivity index (χ0v) is 12.6. The summed E-state index contributed by atoms with van der Waals surface area (Å²) in [6, 6.07) is 6.41. The lowest BCUT2D eigenvalue weighted by atomic mass is 10.1. The molecule has 0 saturated carbocycles. The predicted molar refractivity (Wildman–Crippen MR) is 78.4 cm³/mol. The van der Waals surface area contributed by atoms with Crippen LogP contribution >= 0.6 is 15.9 Å². The number of aromatic nitrogens is 2. The standard InChI is InChI=1S/C14H18BrN3/c1-10-4-5-14(11(2)8-10)18-9-12(15)13(17-18)6-7-16-3/h4-5,8-9,16H,6-7H2,1-3H3. The van der Waals surface area contributed by atoms with Crippen molar-refractivity contribution in [3.63, 3.8) is 0 Å². The fourth-order valence-corrected chi connectivity index (χ4v) is 2.46. The van der Waals surface area contributed by atoms with Crippen molar-refractivity contribution in [1.82, 2.24) is 15.1 Å². The maximum Gasteiger partial charge on any atom is 0.0783 e. The van der Waals surface area contributed by atoms with Gasteiger partial charge in [0.25, 0.3) is 0 Å². The van der Waals surface area contributed by atoms with Gasteiger partial charge in [0.05, 0.1) is 15.9 Å². The molecule has 3 nitrogen and oxygen atoms in total. The Bertz CT molecular complexity index is 546. The van der Waals surface area contributed by atoms with Gasteiger partial charge in [-0.25, -0.2) is 4.68 Å². The van der Waals surface area contributed by atoms with E-state index >= 15 is 0 Å². The number of benzene rings is 1. The molecule has 1 aromatic heterocycles. The van der Waals surface area contributed by atoms with Crippen LogP contribution in [0, 0.1) is 13.8 Å². The highest BCUT2D eigenvalue weighted by atomic mass is 79.9. The Kier molecular flexibility index (Phi) is 4.19. The van der Waals surface area contributed by atoms with Crippen molar-refractivity contribution in [2.75, 3.05) is 13.6 Å². The number of halogens is 1. The molecule has 0 amide bonds. The minimum Gasteiger partial charge on any atom is -0.319 e. The van der Waals surface area contributed by atoms with Crippen LogP contribution in [0.4, 0.5) is 0 Å². The van der Waals surface area contributed by atoms with Crippen LogP contribution in [0.25, 0.3) is 5.69 Å². The van der Waals surface area contributed by atoms with Crippen molar-refractivity contribution < 1.29 is 0 Å². The molecule has 2 aromatic rings. The Morgan fingerprint density at radius 2 is 2.11 bits per heavy atom. The van der Waals surface area contributed by atoms with Gasteiger partial charge in [0, 0.05) is 19.2 Å². The summed E-state index contributed by atoms with van der Waals surface area (Å²) in [5.74, 6) is 0. The van der Waals surface area contributed by atoms with Gasteiger partial charge in [0.1, 0.15) is 0 Å². The van der Waals surface area contributed by atoms with Crippen molar-refractivity contribution in [2.45, 2.75) is 20.3 Å². The molecule has 0 bridgehead atoms. The van der Waals surface area contributed by atoms with E-state index in [1.54, 1.807) is 0 Å². The Balaban J connectivity index is 2.33. The number of likely N-dealkylation sites (N-methyl/N-ethyl adjacent to an activating group) is 1. The van der Waals surface area contributed by atoms with Crippen LogP contribution < -0.4 is 5.32 Å². The molecule has 0 fully saturated rings. The number of rotatable bonds is 4. The Morgan fingerprint density at radius 1 is 1.33 bits per heavy atom. The molecular formula is C14H18BrN3. The minimum absolute atomic E-state index is 0.926. The highest BCUT2D eigenvalue weighted by molar-refractivity contribution is 9.10. The minimum atomic E-state index is 0.926. The summed E-state index contributed by atoms with van der Waals surface area (Å²) < 4.78 is 3.02.